The fraction of sp³-hybridized carbons (Fsp3) is 0.444. The maximum absolute atomic E-state index is 12.2. The first-order valence-electron chi connectivity index (χ1n) is 8.73. The number of allylic oxidation sites excluding steroid dienone is 4. The van der Waals surface area contributed by atoms with E-state index in [0.717, 1.165) is 12.9 Å². The monoisotopic (exact) mass is 391 g/mol. The van der Waals surface area contributed by atoms with E-state index in [1.807, 2.05) is 0 Å². The molecule has 2 amide bonds. The molecular weight excluding hydrogens is 363 g/mol. The van der Waals surface area contributed by atoms with Crippen LogP contribution in [0.25, 0.3) is 0 Å². The summed E-state index contributed by atoms with van der Waals surface area (Å²) in [5, 5.41) is 11.7. The third-order valence-electron chi connectivity index (χ3n) is 3.82. The normalized spacial score (nSPS) is 14.8. The lowest BCUT2D eigenvalue weighted by Gasteiger charge is -2.18. The van der Waals surface area contributed by atoms with Crippen LogP contribution in [0.5, 0.6) is 0 Å². The Morgan fingerprint density at radius 2 is 1.86 bits per heavy atom. The molecule has 0 fully saturated rings. The van der Waals surface area contributed by atoms with E-state index >= 15 is 0 Å². The Morgan fingerprint density at radius 3 is 2.36 bits per heavy atom. The lowest BCUT2D eigenvalue weighted by molar-refractivity contribution is -0.127. The molecule has 3 atom stereocenters. The molecular formula is C18H28BN4O5. The molecule has 0 aromatic heterocycles. The van der Waals surface area contributed by atoms with Gasteiger partial charge in [0.05, 0.1) is 24.4 Å². The lowest BCUT2D eigenvalue weighted by Crippen LogP contribution is -2.52. The predicted molar refractivity (Wildman–Crippen MR) is 107 cm³/mol. The van der Waals surface area contributed by atoms with Gasteiger partial charge in [0.1, 0.15) is 11.7 Å². The van der Waals surface area contributed by atoms with E-state index in [1.54, 1.807) is 31.2 Å². The molecule has 0 saturated heterocycles. The lowest BCUT2D eigenvalue weighted by atomic mass is 9.64. The number of aliphatic hydroxyl groups excluding tert-OH is 1. The van der Waals surface area contributed by atoms with Gasteiger partial charge in [-0.05, 0) is 26.2 Å². The average Bonchev–Trinajstić information content (AvgIpc) is 2.66. The summed E-state index contributed by atoms with van der Waals surface area (Å²) in [7, 11) is 0.755. The summed E-state index contributed by atoms with van der Waals surface area (Å²) in [5.74, 6) is -1.40. The summed E-state index contributed by atoms with van der Waals surface area (Å²) in [6.45, 7) is 4.65. The van der Waals surface area contributed by atoms with Gasteiger partial charge in [-0.2, -0.15) is 0 Å². The third-order valence-corrected chi connectivity index (χ3v) is 3.82. The van der Waals surface area contributed by atoms with Crippen LogP contribution in [-0.4, -0.2) is 60.3 Å². The number of carbonyl (C=O) groups is 4. The third kappa shape index (κ3) is 9.95. The minimum Gasteiger partial charge on any atom is -0.394 e. The quantitative estimate of drug-likeness (QED) is 0.171. The largest absolute Gasteiger partial charge is 0.394 e. The van der Waals surface area contributed by atoms with E-state index in [1.165, 1.54) is 0 Å². The second kappa shape index (κ2) is 13.6. The number of nitrogens with two attached hydrogens (primary N) is 3. The summed E-state index contributed by atoms with van der Waals surface area (Å²) in [6, 6.07) is -3.24. The Kier molecular flexibility index (Phi) is 12.3. The Hall–Kier alpha value is -2.56. The zero-order valence-corrected chi connectivity index (χ0v) is 16.0. The Labute approximate surface area is 165 Å². The van der Waals surface area contributed by atoms with Crippen molar-refractivity contribution in [3.63, 3.8) is 0 Å². The van der Waals surface area contributed by atoms with Gasteiger partial charge in [0.25, 0.3) is 7.28 Å². The molecule has 1 radical (unpaired) electrons. The number of primary amides is 1. The van der Waals surface area contributed by atoms with Gasteiger partial charge in [0.15, 0.2) is 0 Å². The van der Waals surface area contributed by atoms with Crippen LogP contribution in [0.3, 0.4) is 0 Å². The van der Waals surface area contributed by atoms with Crippen molar-refractivity contribution in [2.24, 2.45) is 17.2 Å². The second-order valence-corrected chi connectivity index (χ2v) is 6.07. The highest BCUT2D eigenvalue weighted by Crippen LogP contribution is 2.07. The Morgan fingerprint density at radius 1 is 1.21 bits per heavy atom. The zero-order chi connectivity index (χ0) is 21.7. The molecule has 8 N–H and O–H groups in total. The second-order valence-electron chi connectivity index (χ2n) is 6.07. The van der Waals surface area contributed by atoms with E-state index in [-0.39, 0.29) is 19.3 Å². The number of hydrogen-bond acceptors (Lipinski definition) is 7. The summed E-state index contributed by atoms with van der Waals surface area (Å²) in [6.07, 6.45) is 6.85. The topological polar surface area (TPSA) is 179 Å². The molecule has 0 saturated carbocycles. The molecule has 9 nitrogen and oxygen atoms in total. The highest BCUT2D eigenvalue weighted by Gasteiger charge is 2.26. The van der Waals surface area contributed by atoms with Crippen LogP contribution < -0.4 is 22.5 Å². The molecule has 153 valence electrons. The van der Waals surface area contributed by atoms with Crippen LogP contribution in [0.1, 0.15) is 26.2 Å². The first-order valence-corrected chi connectivity index (χ1v) is 8.73. The summed E-state index contributed by atoms with van der Waals surface area (Å²) >= 11 is 0. The minimum absolute atomic E-state index is 0.0106. The summed E-state index contributed by atoms with van der Waals surface area (Å²) in [5.41, 5.74) is 15.7. The van der Waals surface area contributed by atoms with Gasteiger partial charge in [-0.3, -0.25) is 9.59 Å². The SMILES string of the molecule is C=C/C=C\C(=C/C)CC(N)C(=O)NC(CO)C(=O)[B]C(=O)CCC(N)C(N)=O. The molecule has 0 bridgehead atoms. The molecule has 0 aromatic carbocycles. The molecule has 28 heavy (non-hydrogen) atoms. The van der Waals surface area contributed by atoms with E-state index < -0.39 is 47.9 Å². The number of aliphatic hydroxyl groups is 1. The number of rotatable bonds is 14. The van der Waals surface area contributed by atoms with E-state index in [9.17, 15) is 24.3 Å². The van der Waals surface area contributed by atoms with Crippen molar-refractivity contribution in [1.82, 2.24) is 5.32 Å². The van der Waals surface area contributed by atoms with Gasteiger partial charge in [0, 0.05) is 0 Å². The molecule has 0 aromatic rings. The summed E-state index contributed by atoms with van der Waals surface area (Å²) in [4.78, 5) is 46.9. The minimum atomic E-state index is -1.30. The van der Waals surface area contributed by atoms with Gasteiger partial charge in [-0.1, -0.05) is 36.5 Å². The number of hydrogen-bond donors (Lipinski definition) is 5. The van der Waals surface area contributed by atoms with Crippen molar-refractivity contribution in [3.05, 3.63) is 36.5 Å². The van der Waals surface area contributed by atoms with E-state index in [4.69, 9.17) is 17.2 Å². The van der Waals surface area contributed by atoms with Gasteiger partial charge in [-0.15, -0.1) is 0 Å². The van der Waals surface area contributed by atoms with Gasteiger partial charge in [0.2, 0.25) is 11.8 Å². The van der Waals surface area contributed by atoms with Crippen LogP contribution in [0.2, 0.25) is 0 Å². The highest BCUT2D eigenvalue weighted by atomic mass is 16.3. The first-order chi connectivity index (χ1) is 13.2. The first kappa shape index (κ1) is 25.4. The van der Waals surface area contributed by atoms with Crippen molar-refractivity contribution >= 4 is 30.5 Å². The number of carbonyl (C=O) groups excluding carboxylic acids is 4. The standard InChI is InChI=1S/C18H28BN4O5/c1-3-5-6-11(4-2)9-13(21)18(28)23-14(10-24)16(26)19-15(25)8-7-12(20)17(22)27/h3-6,12-14,24H,1,7-10,20-21H2,2H3,(H2,22,27)(H,23,28)/b6-5-,11-4+. The molecule has 0 aliphatic rings. The van der Waals surface area contributed by atoms with Gasteiger partial charge in [-0.25, -0.2) is 0 Å². The fourth-order valence-corrected chi connectivity index (χ4v) is 2.08. The van der Waals surface area contributed by atoms with E-state index in [0.29, 0.717) is 0 Å². The zero-order valence-electron chi connectivity index (χ0n) is 16.0. The van der Waals surface area contributed by atoms with Crippen molar-refractivity contribution in [2.75, 3.05) is 6.61 Å². The molecule has 3 unspecified atom stereocenters. The van der Waals surface area contributed by atoms with Crippen molar-refractivity contribution in [2.45, 2.75) is 44.3 Å². The van der Waals surface area contributed by atoms with Crippen molar-refractivity contribution in [1.29, 1.82) is 0 Å². The van der Waals surface area contributed by atoms with Gasteiger partial charge < -0.3 is 37.2 Å². The highest BCUT2D eigenvalue weighted by molar-refractivity contribution is 6.97. The Bertz CT molecular complexity index is 648. The molecule has 0 rings (SSSR count). The van der Waals surface area contributed by atoms with E-state index in [2.05, 4.69) is 11.9 Å². The van der Waals surface area contributed by atoms with Gasteiger partial charge >= 0.3 is 0 Å². The molecule has 10 heteroatoms. The molecule has 0 aliphatic carbocycles. The molecule has 0 heterocycles. The maximum Gasteiger partial charge on any atom is 0.293 e. The number of nitrogens with one attached hydrogen (secondary N) is 1. The van der Waals surface area contributed by atoms with Crippen LogP contribution in [0, 0.1) is 0 Å². The summed E-state index contributed by atoms with van der Waals surface area (Å²) < 4.78 is 0. The molecule has 0 aliphatic heterocycles. The fourth-order valence-electron chi connectivity index (χ4n) is 2.08. The maximum atomic E-state index is 12.2. The van der Waals surface area contributed by atoms with Crippen molar-refractivity contribution < 1.29 is 24.3 Å². The van der Waals surface area contributed by atoms with Crippen LogP contribution in [-0.2, 0) is 19.2 Å². The smallest absolute Gasteiger partial charge is 0.293 e. The molecule has 0 spiro atoms. The van der Waals surface area contributed by atoms with Crippen LogP contribution in [0.4, 0.5) is 0 Å². The van der Waals surface area contributed by atoms with Crippen LogP contribution >= 0.6 is 0 Å². The van der Waals surface area contributed by atoms with Crippen LogP contribution in [0.15, 0.2) is 36.5 Å². The Balaban J connectivity index is 4.68. The van der Waals surface area contributed by atoms with Crippen molar-refractivity contribution in [3.8, 4) is 0 Å². The predicted octanol–water partition coefficient (Wildman–Crippen LogP) is -1.78. The number of amides is 2. The average molecular weight is 391 g/mol.